The molecule has 2 fully saturated rings. The number of methoxy groups -OCH3 is 1. The lowest BCUT2D eigenvalue weighted by Crippen LogP contribution is -2.63. The first-order valence-corrected chi connectivity index (χ1v) is 27.6. The molecule has 2 saturated heterocycles. The van der Waals surface area contributed by atoms with E-state index in [4.69, 9.17) is 10.5 Å². The Morgan fingerprint density at radius 1 is 0.679 bits per heavy atom. The van der Waals surface area contributed by atoms with Crippen LogP contribution >= 0.6 is 0 Å². The largest absolute Gasteiger partial charge is 0.393 e. The first-order chi connectivity index (χ1) is 36.6. The predicted octanol–water partition coefficient (Wildman–Crippen LogP) is 4.75. The molecule has 3 N–H and O–H groups in total. The van der Waals surface area contributed by atoms with E-state index >= 15 is 19.2 Å². The van der Waals surface area contributed by atoms with Crippen LogP contribution in [0.3, 0.4) is 0 Å². The zero-order valence-electron chi connectivity index (χ0n) is 49.2. The maximum atomic E-state index is 15.5. The maximum absolute atomic E-state index is 15.5. The quantitative estimate of drug-likeness (QED) is 0.0831. The average Bonchev–Trinajstić information content (AvgIpc) is 3.90. The number of ether oxygens (including phenoxy) is 1. The van der Waals surface area contributed by atoms with Crippen LogP contribution in [-0.4, -0.2) is 196 Å². The van der Waals surface area contributed by atoms with E-state index in [0.29, 0.717) is 18.4 Å². The number of hydrogen-bond donors (Lipinski definition) is 2. The summed E-state index contributed by atoms with van der Waals surface area (Å²) in [7, 11) is 8.63. The molecule has 0 bridgehead atoms. The number of allylic oxidation sites excluding steroid dienone is 4. The molecular formula is C59H92N8O11. The number of aliphatic hydroxyl groups excluding tert-OH is 1. The molecule has 0 saturated carbocycles. The number of aliphatic hydroxyl groups is 1. The molecule has 0 aromatic heterocycles. The molecule has 19 nitrogen and oxygen atoms in total. The molecule has 9 atom stereocenters. The van der Waals surface area contributed by atoms with E-state index in [1.165, 1.54) is 74.8 Å². The van der Waals surface area contributed by atoms with Gasteiger partial charge in [-0.3, -0.25) is 48.1 Å². The van der Waals surface area contributed by atoms with Crippen LogP contribution in [0.25, 0.3) is 0 Å². The van der Waals surface area contributed by atoms with Gasteiger partial charge in [-0.05, 0) is 95.5 Å². The number of nitrogens with zero attached hydrogens (tertiary/aromatic N) is 7. The highest BCUT2D eigenvalue weighted by Gasteiger charge is 2.48. The lowest BCUT2D eigenvalue weighted by Gasteiger charge is -2.42. The van der Waals surface area contributed by atoms with Gasteiger partial charge in [0.2, 0.25) is 41.4 Å². The average molecular weight is 1090 g/mol. The van der Waals surface area contributed by atoms with Gasteiger partial charge in [0.1, 0.15) is 42.3 Å². The van der Waals surface area contributed by atoms with Crippen LogP contribution in [0.4, 0.5) is 0 Å². The third kappa shape index (κ3) is 17.1. The van der Waals surface area contributed by atoms with Gasteiger partial charge in [-0.15, -0.1) is 0 Å². The van der Waals surface area contributed by atoms with Gasteiger partial charge in [0.25, 0.3) is 11.8 Å². The van der Waals surface area contributed by atoms with E-state index in [1.54, 1.807) is 85.9 Å². The third-order valence-electron chi connectivity index (χ3n) is 15.3. The molecule has 19 heteroatoms. The van der Waals surface area contributed by atoms with Crippen molar-refractivity contribution in [1.82, 2.24) is 34.3 Å². The van der Waals surface area contributed by atoms with Crippen LogP contribution in [0.1, 0.15) is 126 Å². The van der Waals surface area contributed by atoms with Crippen molar-refractivity contribution in [2.24, 2.45) is 23.5 Å². The predicted molar refractivity (Wildman–Crippen MR) is 300 cm³/mol. The summed E-state index contributed by atoms with van der Waals surface area (Å²) in [6.45, 7) is 15.2. The van der Waals surface area contributed by atoms with Crippen molar-refractivity contribution in [2.75, 3.05) is 48.9 Å². The molecule has 3 rings (SSSR count). The zero-order valence-corrected chi connectivity index (χ0v) is 49.2. The molecule has 78 heavy (non-hydrogen) atoms. The number of nitrogens with two attached hydrogens (primary N) is 1. The Morgan fingerprint density at radius 2 is 1.22 bits per heavy atom. The zero-order chi connectivity index (χ0) is 58.9. The van der Waals surface area contributed by atoms with Crippen molar-refractivity contribution in [3.8, 4) is 0 Å². The highest BCUT2D eigenvalue weighted by molar-refractivity contribution is 6.10. The fourth-order valence-electron chi connectivity index (χ4n) is 10.5. The summed E-state index contributed by atoms with van der Waals surface area (Å²) in [5, 5.41) is 9.53. The van der Waals surface area contributed by atoms with Crippen molar-refractivity contribution in [1.29, 1.82) is 0 Å². The number of carbonyl (C=O) groups excluding carboxylic acids is 9. The molecule has 0 radical (unpaired) electrons. The lowest BCUT2D eigenvalue weighted by atomic mass is 9.94. The van der Waals surface area contributed by atoms with Crippen molar-refractivity contribution < 1.29 is 53.0 Å². The number of likely N-dealkylation sites (N-methyl/N-ethyl adjacent to an activating group) is 5. The van der Waals surface area contributed by atoms with E-state index in [2.05, 4.69) is 12.2 Å². The summed E-state index contributed by atoms with van der Waals surface area (Å²) in [4.78, 5) is 141. The van der Waals surface area contributed by atoms with Crippen molar-refractivity contribution in [2.45, 2.75) is 181 Å². The van der Waals surface area contributed by atoms with Crippen molar-refractivity contribution in [3.05, 3.63) is 71.8 Å². The van der Waals surface area contributed by atoms with Gasteiger partial charge in [-0.1, -0.05) is 102 Å². The molecule has 0 aliphatic carbocycles. The molecule has 2 aliphatic heterocycles. The number of primary amides is 1. The topological polar surface area (TPSA) is 232 Å². The Morgan fingerprint density at radius 3 is 1.78 bits per heavy atom. The van der Waals surface area contributed by atoms with Crippen molar-refractivity contribution in [3.63, 3.8) is 0 Å². The van der Waals surface area contributed by atoms with Crippen LogP contribution in [0.2, 0.25) is 0 Å². The third-order valence-corrected chi connectivity index (χ3v) is 15.3. The van der Waals surface area contributed by atoms with Crippen LogP contribution in [-0.2, 0) is 54.3 Å². The summed E-state index contributed by atoms with van der Waals surface area (Å²) < 4.78 is 5.72. The second kappa shape index (κ2) is 30.8. The molecule has 9 amide bonds. The number of rotatable bonds is 19. The number of imide groups is 1. The molecule has 434 valence electrons. The van der Waals surface area contributed by atoms with Crippen LogP contribution in [0, 0.1) is 17.8 Å². The minimum atomic E-state index is -1.57. The molecule has 1 aromatic rings. The minimum Gasteiger partial charge on any atom is -0.393 e. The monoisotopic (exact) mass is 1090 g/mol. The second-order valence-corrected chi connectivity index (χ2v) is 22.3. The Labute approximate surface area is 464 Å². The van der Waals surface area contributed by atoms with Gasteiger partial charge in [0.05, 0.1) is 18.6 Å². The van der Waals surface area contributed by atoms with E-state index in [1.807, 2.05) is 12.1 Å². The van der Waals surface area contributed by atoms with E-state index in [0.717, 1.165) is 46.8 Å². The second-order valence-electron chi connectivity index (χ2n) is 22.3. The summed E-state index contributed by atoms with van der Waals surface area (Å²) >= 11 is 0. The number of hydrogen-bond acceptors (Lipinski definition) is 11. The molecule has 2 heterocycles. The Balaban J connectivity index is 2.31. The van der Waals surface area contributed by atoms with Gasteiger partial charge in [0, 0.05) is 60.9 Å². The SMILES string of the molecule is COC(C/C=C/C=C(\C)C(=O)N1C(=O)[C@H](C)N(C)C(=O)[C@H](CC(N)=O)N(C)C(=O)[C@@H]2CCCN2C(=O)[C@H](C(C)C)N(C)C(=O)[C@H](C(C)C)N(C)C(=O)[C@H](Cc2ccccc2)N(C)C(=O)[C@@H]1C(C)C)CC/C=C/CCCC(C)O. The van der Waals surface area contributed by atoms with E-state index in [9.17, 15) is 29.1 Å². The Hall–Kier alpha value is -6.21. The summed E-state index contributed by atoms with van der Waals surface area (Å²) in [6.07, 6.45) is 13.2. The summed E-state index contributed by atoms with van der Waals surface area (Å²) in [6, 6.07) is -0.275. The normalized spacial score (nSPS) is 24.4. The van der Waals surface area contributed by atoms with Gasteiger partial charge in [-0.25, -0.2) is 0 Å². The summed E-state index contributed by atoms with van der Waals surface area (Å²) in [5.74, 6) is -8.53. The maximum Gasteiger partial charge on any atom is 0.256 e. The molecule has 2 unspecified atom stereocenters. The molecular weight excluding hydrogens is 997 g/mol. The van der Waals surface area contributed by atoms with Crippen LogP contribution in [0.15, 0.2) is 66.3 Å². The number of carbonyl (C=O) groups is 9. The van der Waals surface area contributed by atoms with Crippen LogP contribution < -0.4 is 5.73 Å². The highest BCUT2D eigenvalue weighted by atomic mass is 16.5. The first kappa shape index (κ1) is 66.1. The highest BCUT2D eigenvalue weighted by Crippen LogP contribution is 2.29. The fourth-order valence-corrected chi connectivity index (χ4v) is 10.5. The lowest BCUT2D eigenvalue weighted by molar-refractivity contribution is -0.162. The Bertz CT molecular complexity index is 2330. The summed E-state index contributed by atoms with van der Waals surface area (Å²) in [5.41, 5.74) is 6.46. The van der Waals surface area contributed by atoms with Gasteiger partial charge in [0.15, 0.2) is 0 Å². The van der Waals surface area contributed by atoms with Crippen LogP contribution in [0.5, 0.6) is 0 Å². The number of fused-ring (bicyclic) bond motifs is 1. The molecule has 0 spiro atoms. The number of unbranched alkanes of at least 4 members (excludes halogenated alkanes) is 1. The number of amides is 9. The first-order valence-electron chi connectivity index (χ1n) is 27.6. The van der Waals surface area contributed by atoms with Gasteiger partial charge in [-0.2, -0.15) is 0 Å². The van der Waals surface area contributed by atoms with E-state index < -0.39 is 120 Å². The Kier molecular flexibility index (Phi) is 26.1. The molecule has 2 aliphatic rings. The minimum absolute atomic E-state index is 0.0276. The fraction of sp³-hybridized carbons (Fsp3) is 0.644. The van der Waals surface area contributed by atoms with Crippen molar-refractivity contribution >= 4 is 53.2 Å². The van der Waals surface area contributed by atoms with E-state index in [-0.39, 0.29) is 37.2 Å². The number of benzene rings is 1. The smallest absolute Gasteiger partial charge is 0.256 e. The molecule has 1 aromatic carbocycles. The van der Waals surface area contributed by atoms with Gasteiger partial charge < -0.3 is 45.0 Å². The standard InChI is InChI=1S/C59H92N8O11/c1-37(2)49-57(75)65(14)50(38(3)4)59(77)66-34-26-33-45(66)54(72)62(11)47(36-48(60)69)55(73)61(10)42(9)53(71)67(52(70)40(7)27-24-25-32-44(78-15)31-23-18-16-17-20-28-41(8)68)51(39(5)6)58(76)63(12)46(56(74)64(49)13)35-43-29-21-19-22-30-43/h16,18-19,21-22,24-25,27,29-30,37-39,41-42,44-47,49-51,68H,17,20,23,26,28,31-36H2,1-15H3,(H2,60,69)/b18-16+,25-24+,40-27+/t41?,42-,44?,45-,46-,47-,49-,50-,51-/m0/s1. The van der Waals surface area contributed by atoms with Gasteiger partial charge >= 0.3 is 0 Å².